The van der Waals surface area contributed by atoms with Gasteiger partial charge in [-0.05, 0) is 41.8 Å². The second-order valence-corrected chi connectivity index (χ2v) is 9.12. The van der Waals surface area contributed by atoms with Crippen LogP contribution in [0.3, 0.4) is 0 Å². The lowest BCUT2D eigenvalue weighted by atomic mass is 9.74. The lowest BCUT2D eigenvalue weighted by Gasteiger charge is -2.32. The maximum atomic E-state index is 14.0. The van der Waals surface area contributed by atoms with Crippen molar-refractivity contribution >= 4 is 47.5 Å². The number of hydrogen-bond donors (Lipinski definition) is 2. The predicted octanol–water partition coefficient (Wildman–Crippen LogP) is 1.60. The highest BCUT2D eigenvalue weighted by Crippen LogP contribution is 2.39. The normalized spacial score (nSPS) is 19.2. The molecule has 1 unspecified atom stereocenters. The van der Waals surface area contributed by atoms with Crippen LogP contribution in [0.4, 0.5) is 5.69 Å². The molecule has 202 valence electrons. The van der Waals surface area contributed by atoms with Crippen LogP contribution >= 0.6 is 12.4 Å². The first-order valence-corrected chi connectivity index (χ1v) is 12.1. The van der Waals surface area contributed by atoms with Crippen LogP contribution in [0.25, 0.3) is 0 Å². The lowest BCUT2D eigenvalue weighted by Crippen LogP contribution is -2.48. The summed E-state index contributed by atoms with van der Waals surface area (Å²) in [4.78, 5) is 55.5. The first-order valence-electron chi connectivity index (χ1n) is 12.1. The number of halogens is 1. The number of benzene rings is 2. The van der Waals surface area contributed by atoms with Crippen LogP contribution in [0.1, 0.15) is 29.5 Å². The molecule has 0 aliphatic carbocycles. The fourth-order valence-electron chi connectivity index (χ4n) is 4.75. The number of amidine groups is 1. The van der Waals surface area contributed by atoms with E-state index in [0.717, 1.165) is 5.56 Å². The van der Waals surface area contributed by atoms with Crippen molar-refractivity contribution in [2.45, 2.75) is 24.7 Å². The van der Waals surface area contributed by atoms with Crippen molar-refractivity contribution in [2.24, 2.45) is 5.73 Å². The van der Waals surface area contributed by atoms with Gasteiger partial charge in [-0.15, -0.1) is 12.4 Å². The van der Waals surface area contributed by atoms with Gasteiger partial charge in [0, 0.05) is 30.8 Å². The number of Topliss-reactive ketones (excluding diaryl/α,β-unsaturated/α-hetero) is 1. The minimum Gasteiger partial charge on any atom is -0.469 e. The summed E-state index contributed by atoms with van der Waals surface area (Å²) < 4.78 is 10.0. The van der Waals surface area contributed by atoms with Gasteiger partial charge < -0.3 is 25.0 Å². The number of carbonyl (C=O) groups excluding carboxylic acids is 4. The Labute approximate surface area is 227 Å². The lowest BCUT2D eigenvalue weighted by molar-refractivity contribution is -0.142. The van der Waals surface area contributed by atoms with Crippen molar-refractivity contribution < 1.29 is 28.7 Å². The van der Waals surface area contributed by atoms with Crippen LogP contribution in [-0.4, -0.2) is 74.3 Å². The first kappa shape index (κ1) is 28.8. The highest BCUT2D eigenvalue weighted by Gasteiger charge is 2.56. The van der Waals surface area contributed by atoms with Crippen molar-refractivity contribution in [3.05, 3.63) is 65.2 Å². The number of hydrogen-bond acceptors (Lipinski definition) is 7. The molecule has 2 amide bonds. The van der Waals surface area contributed by atoms with Gasteiger partial charge in [-0.2, -0.15) is 0 Å². The van der Waals surface area contributed by atoms with E-state index in [-0.39, 0.29) is 55.3 Å². The summed E-state index contributed by atoms with van der Waals surface area (Å²) in [7, 11) is 1.33. The van der Waals surface area contributed by atoms with E-state index in [1.54, 1.807) is 53.4 Å². The molecule has 2 aliphatic heterocycles. The van der Waals surface area contributed by atoms with E-state index in [9.17, 15) is 19.2 Å². The molecule has 2 fully saturated rings. The van der Waals surface area contributed by atoms with Crippen LogP contribution in [0.2, 0.25) is 0 Å². The number of rotatable bonds is 8. The molecule has 3 N–H and O–H groups in total. The number of ketones is 1. The zero-order valence-electron chi connectivity index (χ0n) is 21.1. The van der Waals surface area contributed by atoms with Crippen molar-refractivity contribution in [1.29, 1.82) is 5.41 Å². The number of amides is 2. The maximum absolute atomic E-state index is 14.0. The number of nitrogens with one attached hydrogen (secondary N) is 1. The topological polar surface area (TPSA) is 143 Å². The number of carbonyl (C=O) groups is 4. The SMILES string of the molecule is COC(=O)CCc1ccc(C2(CC(=O)N3CCOCC3)C(=O)CN(c3ccc(C(=N)N)cc3)C2=O)cc1.Cl. The van der Waals surface area contributed by atoms with Gasteiger partial charge in [0.1, 0.15) is 11.3 Å². The number of aryl methyl sites for hydroxylation is 1. The Morgan fingerprint density at radius 1 is 1.05 bits per heavy atom. The number of nitrogens with two attached hydrogens (primary N) is 1. The molecule has 2 aliphatic rings. The third kappa shape index (κ3) is 5.71. The van der Waals surface area contributed by atoms with E-state index in [1.807, 2.05) is 0 Å². The minimum absolute atomic E-state index is 0. The largest absolute Gasteiger partial charge is 0.469 e. The molecule has 1 atom stereocenters. The molecule has 2 aromatic carbocycles. The maximum Gasteiger partial charge on any atom is 0.305 e. The number of nitrogens with zero attached hydrogens (tertiary/aromatic N) is 2. The number of anilines is 1. The molecule has 4 rings (SSSR count). The summed E-state index contributed by atoms with van der Waals surface area (Å²) in [5.74, 6) is -1.56. The third-order valence-electron chi connectivity index (χ3n) is 6.95. The molecule has 2 saturated heterocycles. The summed E-state index contributed by atoms with van der Waals surface area (Å²) in [6.45, 7) is 1.44. The van der Waals surface area contributed by atoms with E-state index in [1.165, 1.54) is 12.0 Å². The van der Waals surface area contributed by atoms with Crippen LogP contribution in [0.15, 0.2) is 48.5 Å². The quantitative estimate of drug-likeness (QED) is 0.223. The Morgan fingerprint density at radius 2 is 1.68 bits per heavy atom. The van der Waals surface area contributed by atoms with Crippen molar-refractivity contribution in [3.63, 3.8) is 0 Å². The van der Waals surface area contributed by atoms with Crippen LogP contribution < -0.4 is 10.6 Å². The molecule has 38 heavy (non-hydrogen) atoms. The van der Waals surface area contributed by atoms with Crippen molar-refractivity contribution in [2.75, 3.05) is 44.9 Å². The van der Waals surface area contributed by atoms with Gasteiger partial charge in [0.05, 0.1) is 33.3 Å². The van der Waals surface area contributed by atoms with Crippen LogP contribution in [-0.2, 0) is 40.5 Å². The average Bonchev–Trinajstić information content (AvgIpc) is 3.18. The molecule has 0 spiro atoms. The zero-order valence-corrected chi connectivity index (χ0v) is 21.9. The number of ether oxygens (including phenoxy) is 2. The molecule has 0 bridgehead atoms. The molecule has 2 heterocycles. The summed E-state index contributed by atoms with van der Waals surface area (Å²) in [6.07, 6.45) is 0.371. The molecule has 2 aromatic rings. The van der Waals surface area contributed by atoms with Crippen LogP contribution in [0.5, 0.6) is 0 Å². The molecule has 0 saturated carbocycles. The van der Waals surface area contributed by atoms with Gasteiger partial charge in [-0.3, -0.25) is 24.6 Å². The fraction of sp³-hybridized carbons (Fsp3) is 0.370. The Bertz CT molecular complexity index is 1210. The summed E-state index contributed by atoms with van der Waals surface area (Å²) >= 11 is 0. The predicted molar refractivity (Wildman–Crippen MR) is 143 cm³/mol. The third-order valence-corrected chi connectivity index (χ3v) is 6.95. The van der Waals surface area contributed by atoms with Gasteiger partial charge >= 0.3 is 5.97 Å². The minimum atomic E-state index is -1.67. The van der Waals surface area contributed by atoms with E-state index in [0.29, 0.717) is 49.5 Å². The Kier molecular flexibility index (Phi) is 9.24. The number of morpholine rings is 1. The van der Waals surface area contributed by atoms with E-state index in [4.69, 9.17) is 20.6 Å². The Balaban J connectivity index is 0.00000400. The van der Waals surface area contributed by atoms with E-state index in [2.05, 4.69) is 0 Å². The fourth-order valence-corrected chi connectivity index (χ4v) is 4.75. The molecule has 11 heteroatoms. The Morgan fingerprint density at radius 3 is 2.26 bits per heavy atom. The number of methoxy groups -OCH3 is 1. The van der Waals surface area contributed by atoms with E-state index < -0.39 is 11.3 Å². The van der Waals surface area contributed by atoms with Gasteiger partial charge in [0.15, 0.2) is 5.78 Å². The second kappa shape index (κ2) is 12.2. The standard InChI is InChI=1S/C27H30N4O6.ClH/c1-36-24(34)11-4-18-2-7-20(8-3-18)27(16-23(33)30-12-14-37-15-13-30)22(32)17-31(26(27)35)21-9-5-19(6-10-21)25(28)29;/h2-3,5-10H,4,11-17H2,1H3,(H3,28,29);1H. The van der Waals surface area contributed by atoms with E-state index >= 15 is 0 Å². The van der Waals surface area contributed by atoms with Gasteiger partial charge in [0.25, 0.3) is 0 Å². The average molecular weight is 543 g/mol. The van der Waals surface area contributed by atoms with Gasteiger partial charge in [-0.25, -0.2) is 0 Å². The smallest absolute Gasteiger partial charge is 0.305 e. The molecule has 0 aromatic heterocycles. The van der Waals surface area contributed by atoms with Crippen LogP contribution in [0, 0.1) is 5.41 Å². The monoisotopic (exact) mass is 542 g/mol. The molecular formula is C27H31ClN4O6. The molecular weight excluding hydrogens is 512 g/mol. The Hall–Kier alpha value is -3.76. The molecule has 0 radical (unpaired) electrons. The van der Waals surface area contributed by atoms with Crippen molar-refractivity contribution in [1.82, 2.24) is 4.90 Å². The summed E-state index contributed by atoms with van der Waals surface area (Å²) in [5.41, 5.74) is 6.14. The number of nitrogen functional groups attached to an aromatic ring is 1. The summed E-state index contributed by atoms with van der Waals surface area (Å²) in [6, 6.07) is 13.4. The highest BCUT2D eigenvalue weighted by atomic mass is 35.5. The van der Waals surface area contributed by atoms with Gasteiger partial charge in [0.2, 0.25) is 11.8 Å². The second-order valence-electron chi connectivity index (χ2n) is 9.12. The van der Waals surface area contributed by atoms with Gasteiger partial charge in [-0.1, -0.05) is 24.3 Å². The zero-order chi connectivity index (χ0) is 26.6. The molecule has 10 nitrogen and oxygen atoms in total. The number of esters is 1. The first-order chi connectivity index (χ1) is 17.8. The van der Waals surface area contributed by atoms with Crippen molar-refractivity contribution in [3.8, 4) is 0 Å². The highest BCUT2D eigenvalue weighted by molar-refractivity contribution is 6.26. The summed E-state index contributed by atoms with van der Waals surface area (Å²) in [5, 5.41) is 7.58.